The molecule has 0 aliphatic rings. The van der Waals surface area contributed by atoms with E-state index in [1.165, 1.54) is 0 Å². The van der Waals surface area contributed by atoms with Crippen LogP contribution in [0.15, 0.2) is 24.4 Å². The average Bonchev–Trinajstić information content (AvgIpc) is 2.81. The van der Waals surface area contributed by atoms with E-state index < -0.39 is 5.97 Å². The van der Waals surface area contributed by atoms with Gasteiger partial charge in [0.15, 0.2) is 5.78 Å². The maximum atomic E-state index is 12.0. The van der Waals surface area contributed by atoms with Crippen LogP contribution in [0.5, 0.6) is 0 Å². The van der Waals surface area contributed by atoms with Crippen LogP contribution in [0.2, 0.25) is 0 Å². The Kier molecular flexibility index (Phi) is 3.62. The summed E-state index contributed by atoms with van der Waals surface area (Å²) in [6, 6.07) is 7.26. The molecule has 19 heavy (non-hydrogen) atoms. The van der Waals surface area contributed by atoms with E-state index >= 15 is 0 Å². The molecule has 1 aromatic heterocycles. The molecule has 0 spiro atoms. The summed E-state index contributed by atoms with van der Waals surface area (Å²) in [6.45, 7) is 0. The Morgan fingerprint density at radius 2 is 2.11 bits per heavy atom. The lowest BCUT2D eigenvalue weighted by Gasteiger charge is -2.00. The lowest BCUT2D eigenvalue weighted by Crippen LogP contribution is -2.01. The molecule has 2 aromatic rings. The standard InChI is InChI=1S/C14H12N2O3/c15-7-9-3-1-4-11-14(9)10(8-16-11)12(17)5-2-6-13(18)19/h1,3-4,8,16H,2,5-6H2,(H,18,19). The topological polar surface area (TPSA) is 94.0 Å². The highest BCUT2D eigenvalue weighted by Crippen LogP contribution is 2.23. The number of benzene rings is 1. The van der Waals surface area contributed by atoms with Crippen LogP contribution in [0, 0.1) is 11.3 Å². The average molecular weight is 256 g/mol. The zero-order chi connectivity index (χ0) is 13.8. The number of Topliss-reactive ketones (excluding diaryl/α,β-unsaturated/α-hetero) is 1. The molecule has 5 nitrogen and oxygen atoms in total. The summed E-state index contributed by atoms with van der Waals surface area (Å²) in [7, 11) is 0. The number of aromatic nitrogens is 1. The number of carboxylic acid groups (broad SMARTS) is 1. The fourth-order valence-corrected chi connectivity index (χ4v) is 2.03. The van der Waals surface area contributed by atoms with Crippen LogP contribution in [-0.4, -0.2) is 21.8 Å². The quantitative estimate of drug-likeness (QED) is 0.803. The molecular formula is C14H12N2O3. The number of hydrogen-bond donors (Lipinski definition) is 2. The summed E-state index contributed by atoms with van der Waals surface area (Å²) in [4.78, 5) is 25.4. The number of nitriles is 1. The Balaban J connectivity index is 2.28. The number of H-pyrrole nitrogens is 1. The van der Waals surface area contributed by atoms with E-state index in [9.17, 15) is 9.59 Å². The minimum atomic E-state index is -0.913. The highest BCUT2D eigenvalue weighted by atomic mass is 16.4. The zero-order valence-corrected chi connectivity index (χ0v) is 10.1. The number of aromatic amines is 1. The first-order valence-electron chi connectivity index (χ1n) is 5.88. The molecule has 2 rings (SSSR count). The van der Waals surface area contributed by atoms with Crippen molar-refractivity contribution in [2.24, 2.45) is 0 Å². The van der Waals surface area contributed by atoms with Crippen molar-refractivity contribution in [3.05, 3.63) is 35.5 Å². The molecule has 1 aromatic carbocycles. The monoisotopic (exact) mass is 256 g/mol. The van der Waals surface area contributed by atoms with E-state index in [2.05, 4.69) is 11.1 Å². The lowest BCUT2D eigenvalue weighted by molar-refractivity contribution is -0.137. The third-order valence-electron chi connectivity index (χ3n) is 2.92. The van der Waals surface area contributed by atoms with Crippen LogP contribution in [0.4, 0.5) is 0 Å². The molecular weight excluding hydrogens is 244 g/mol. The minimum absolute atomic E-state index is 0.0286. The number of carboxylic acids is 1. The van der Waals surface area contributed by atoms with Gasteiger partial charge in [0.1, 0.15) is 0 Å². The van der Waals surface area contributed by atoms with Gasteiger partial charge in [-0.3, -0.25) is 9.59 Å². The van der Waals surface area contributed by atoms with Crippen molar-refractivity contribution in [2.45, 2.75) is 19.3 Å². The number of aliphatic carboxylic acids is 1. The molecule has 0 saturated carbocycles. The van der Waals surface area contributed by atoms with Crippen LogP contribution in [0.1, 0.15) is 35.2 Å². The maximum absolute atomic E-state index is 12.0. The van der Waals surface area contributed by atoms with Crippen molar-refractivity contribution < 1.29 is 14.7 Å². The van der Waals surface area contributed by atoms with Crippen molar-refractivity contribution in [3.63, 3.8) is 0 Å². The zero-order valence-electron chi connectivity index (χ0n) is 10.1. The number of ketones is 1. The largest absolute Gasteiger partial charge is 0.481 e. The molecule has 0 aliphatic heterocycles. The van der Waals surface area contributed by atoms with Gasteiger partial charge in [0.2, 0.25) is 0 Å². The summed E-state index contributed by atoms with van der Waals surface area (Å²) in [5.41, 5.74) is 1.64. The van der Waals surface area contributed by atoms with Gasteiger partial charge in [0.05, 0.1) is 11.6 Å². The molecule has 0 fully saturated rings. The summed E-state index contributed by atoms with van der Waals surface area (Å²) in [6.07, 6.45) is 2.02. The first-order valence-corrected chi connectivity index (χ1v) is 5.88. The van der Waals surface area contributed by atoms with Gasteiger partial charge < -0.3 is 10.1 Å². The van der Waals surface area contributed by atoms with E-state index in [1.54, 1.807) is 24.4 Å². The molecule has 1 heterocycles. The molecule has 0 radical (unpaired) electrons. The smallest absolute Gasteiger partial charge is 0.303 e. The number of rotatable bonds is 5. The summed E-state index contributed by atoms with van der Waals surface area (Å²) in [5.74, 6) is -1.06. The maximum Gasteiger partial charge on any atom is 0.303 e. The minimum Gasteiger partial charge on any atom is -0.481 e. The van der Waals surface area contributed by atoms with Crippen LogP contribution in [-0.2, 0) is 4.79 Å². The predicted octanol–water partition coefficient (Wildman–Crippen LogP) is 2.48. The van der Waals surface area contributed by atoms with Crippen LogP contribution >= 0.6 is 0 Å². The Labute approximate surface area is 109 Å². The van der Waals surface area contributed by atoms with Crippen molar-refractivity contribution in [1.82, 2.24) is 4.98 Å². The first kappa shape index (κ1) is 12.8. The summed E-state index contributed by atoms with van der Waals surface area (Å²) >= 11 is 0. The normalized spacial score (nSPS) is 10.3. The Morgan fingerprint density at radius 1 is 1.32 bits per heavy atom. The number of nitrogens with one attached hydrogen (secondary N) is 1. The molecule has 5 heteroatoms. The van der Waals surface area contributed by atoms with Gasteiger partial charge in [-0.2, -0.15) is 5.26 Å². The number of carbonyl (C=O) groups excluding carboxylic acids is 1. The van der Waals surface area contributed by atoms with E-state index in [0.717, 1.165) is 5.52 Å². The van der Waals surface area contributed by atoms with Crippen molar-refractivity contribution in [2.75, 3.05) is 0 Å². The summed E-state index contributed by atoms with van der Waals surface area (Å²) < 4.78 is 0. The van der Waals surface area contributed by atoms with Crippen molar-refractivity contribution in [1.29, 1.82) is 5.26 Å². The Hall–Kier alpha value is -2.61. The molecule has 2 N–H and O–H groups in total. The highest BCUT2D eigenvalue weighted by molar-refractivity contribution is 6.09. The van der Waals surface area contributed by atoms with E-state index in [4.69, 9.17) is 10.4 Å². The van der Waals surface area contributed by atoms with Gasteiger partial charge >= 0.3 is 5.97 Å². The van der Waals surface area contributed by atoms with Gasteiger partial charge in [-0.1, -0.05) is 6.07 Å². The molecule has 0 unspecified atom stereocenters. The number of carbonyl (C=O) groups is 2. The predicted molar refractivity (Wildman–Crippen MR) is 68.8 cm³/mol. The van der Waals surface area contributed by atoms with E-state index in [-0.39, 0.29) is 18.6 Å². The second-order valence-electron chi connectivity index (χ2n) is 4.21. The fourth-order valence-electron chi connectivity index (χ4n) is 2.03. The SMILES string of the molecule is N#Cc1cccc2[nH]cc(C(=O)CCCC(=O)O)c12. The Morgan fingerprint density at radius 3 is 2.79 bits per heavy atom. The second kappa shape index (κ2) is 5.36. The van der Waals surface area contributed by atoms with Crippen LogP contribution in [0.3, 0.4) is 0 Å². The molecule has 96 valence electrons. The fraction of sp³-hybridized carbons (Fsp3) is 0.214. The van der Waals surface area contributed by atoms with E-state index in [0.29, 0.717) is 22.9 Å². The molecule has 0 amide bonds. The van der Waals surface area contributed by atoms with Gasteiger partial charge in [0, 0.05) is 35.5 Å². The van der Waals surface area contributed by atoms with Gasteiger partial charge in [0.25, 0.3) is 0 Å². The van der Waals surface area contributed by atoms with E-state index in [1.807, 2.05) is 0 Å². The van der Waals surface area contributed by atoms with Crippen molar-refractivity contribution in [3.8, 4) is 6.07 Å². The third kappa shape index (κ3) is 2.63. The van der Waals surface area contributed by atoms with Gasteiger partial charge in [-0.15, -0.1) is 0 Å². The first-order chi connectivity index (χ1) is 9.13. The highest BCUT2D eigenvalue weighted by Gasteiger charge is 2.15. The van der Waals surface area contributed by atoms with Gasteiger partial charge in [-0.25, -0.2) is 0 Å². The number of fused-ring (bicyclic) bond motifs is 1. The van der Waals surface area contributed by atoms with Crippen molar-refractivity contribution >= 4 is 22.7 Å². The van der Waals surface area contributed by atoms with Crippen LogP contribution in [0.25, 0.3) is 10.9 Å². The van der Waals surface area contributed by atoms with Gasteiger partial charge in [-0.05, 0) is 18.6 Å². The van der Waals surface area contributed by atoms with Crippen LogP contribution < -0.4 is 0 Å². The second-order valence-corrected chi connectivity index (χ2v) is 4.21. The lowest BCUT2D eigenvalue weighted by atomic mass is 10.0. The molecule has 0 saturated heterocycles. The Bertz CT molecular complexity index is 680. The number of hydrogen-bond acceptors (Lipinski definition) is 3. The molecule has 0 aliphatic carbocycles. The third-order valence-corrected chi connectivity index (χ3v) is 2.92. The summed E-state index contributed by atoms with van der Waals surface area (Å²) in [5, 5.41) is 18.2. The molecule has 0 atom stereocenters. The number of nitrogens with zero attached hydrogens (tertiary/aromatic N) is 1. The molecule has 0 bridgehead atoms.